The Morgan fingerprint density at radius 1 is 0.974 bits per heavy atom. The van der Waals surface area contributed by atoms with Gasteiger partial charge < -0.3 is 19.5 Å². The zero-order valence-corrected chi connectivity index (χ0v) is 24.9. The number of nitrogens with one attached hydrogen (secondary N) is 1. The number of anilines is 1. The highest BCUT2D eigenvalue weighted by atomic mass is 35.5. The Bertz CT molecular complexity index is 1350. The monoisotopic (exact) mass is 612 g/mol. The summed E-state index contributed by atoms with van der Waals surface area (Å²) in [6.45, 7) is 2.23. The molecule has 0 spiro atoms. The molecule has 0 aliphatic heterocycles. The molecule has 0 saturated heterocycles. The van der Waals surface area contributed by atoms with Crippen molar-refractivity contribution in [1.29, 1.82) is 0 Å². The van der Waals surface area contributed by atoms with Crippen molar-refractivity contribution in [3.63, 3.8) is 0 Å². The van der Waals surface area contributed by atoms with Gasteiger partial charge in [-0.2, -0.15) is 11.8 Å². The smallest absolute Gasteiger partial charge is 0.264 e. The Hall–Kier alpha value is -2.79. The molecule has 0 aliphatic carbocycles. The maximum absolute atomic E-state index is 13.7. The van der Waals surface area contributed by atoms with Gasteiger partial charge in [0.25, 0.3) is 10.0 Å². The normalized spacial score (nSPS) is 11.1. The second-order valence-corrected chi connectivity index (χ2v) is 11.8. The fourth-order valence-electron chi connectivity index (χ4n) is 3.59. The SMILES string of the molecule is CCOc1ccc(N(CC(=O)NCCSCc2c(Cl)cccc2Cl)S(=O)(=O)c2ccc(OC)c(OC)c2)cc1. The number of nitrogens with zero attached hydrogens (tertiary/aromatic N) is 1. The van der Waals surface area contributed by atoms with Crippen LogP contribution >= 0.6 is 35.0 Å². The molecule has 0 unspecified atom stereocenters. The lowest BCUT2D eigenvalue weighted by Gasteiger charge is -2.24. The highest BCUT2D eigenvalue weighted by molar-refractivity contribution is 7.98. The van der Waals surface area contributed by atoms with E-state index in [1.165, 1.54) is 32.4 Å². The van der Waals surface area contributed by atoms with Gasteiger partial charge in [-0.1, -0.05) is 29.3 Å². The number of methoxy groups -OCH3 is 2. The van der Waals surface area contributed by atoms with Crippen LogP contribution in [0, 0.1) is 0 Å². The third-order valence-electron chi connectivity index (χ3n) is 5.54. The Morgan fingerprint density at radius 2 is 1.64 bits per heavy atom. The first kappa shape index (κ1) is 30.7. The second kappa shape index (κ2) is 14.6. The third-order valence-corrected chi connectivity index (χ3v) is 9.01. The van der Waals surface area contributed by atoms with Crippen molar-refractivity contribution < 1.29 is 27.4 Å². The number of sulfonamides is 1. The maximum Gasteiger partial charge on any atom is 0.264 e. The minimum Gasteiger partial charge on any atom is -0.494 e. The van der Waals surface area contributed by atoms with Crippen LogP contribution in [-0.4, -0.2) is 54.0 Å². The fraction of sp³-hybridized carbons (Fsp3) is 0.296. The number of halogens is 2. The number of benzene rings is 3. The number of ether oxygens (including phenoxy) is 3. The van der Waals surface area contributed by atoms with E-state index >= 15 is 0 Å². The molecule has 0 atom stereocenters. The molecule has 0 saturated carbocycles. The first-order chi connectivity index (χ1) is 18.7. The molecule has 1 amide bonds. The Labute approximate surface area is 243 Å². The van der Waals surface area contributed by atoms with Gasteiger partial charge >= 0.3 is 0 Å². The third kappa shape index (κ3) is 8.11. The molecule has 210 valence electrons. The Morgan fingerprint density at radius 3 is 2.26 bits per heavy atom. The summed E-state index contributed by atoms with van der Waals surface area (Å²) in [4.78, 5) is 12.9. The van der Waals surface area contributed by atoms with E-state index in [0.717, 1.165) is 9.87 Å². The van der Waals surface area contributed by atoms with Crippen LogP contribution < -0.4 is 23.8 Å². The molecule has 12 heteroatoms. The number of carbonyl (C=O) groups is 1. The number of rotatable bonds is 14. The van der Waals surface area contributed by atoms with E-state index in [1.54, 1.807) is 54.2 Å². The minimum absolute atomic E-state index is 0.0472. The number of amides is 1. The molecule has 3 aromatic carbocycles. The molecule has 0 bridgehead atoms. The molecule has 3 rings (SSSR count). The summed E-state index contributed by atoms with van der Waals surface area (Å²) in [5, 5.41) is 3.97. The lowest BCUT2D eigenvalue weighted by Crippen LogP contribution is -2.41. The van der Waals surface area contributed by atoms with Crippen molar-refractivity contribution in [3.8, 4) is 17.2 Å². The van der Waals surface area contributed by atoms with E-state index < -0.39 is 22.5 Å². The molecule has 0 aromatic heterocycles. The summed E-state index contributed by atoms with van der Waals surface area (Å²) in [7, 11) is -1.27. The number of thioether (sulfide) groups is 1. The van der Waals surface area contributed by atoms with Gasteiger partial charge in [0.2, 0.25) is 5.91 Å². The van der Waals surface area contributed by atoms with Crippen molar-refractivity contribution in [2.75, 3.05) is 44.0 Å². The molecule has 8 nitrogen and oxygen atoms in total. The first-order valence-electron chi connectivity index (χ1n) is 12.0. The van der Waals surface area contributed by atoms with Crippen molar-refractivity contribution in [2.45, 2.75) is 17.6 Å². The summed E-state index contributed by atoms with van der Waals surface area (Å²) < 4.78 is 44.5. The van der Waals surface area contributed by atoms with Crippen LogP contribution in [0.3, 0.4) is 0 Å². The van der Waals surface area contributed by atoms with Crippen LogP contribution in [0.2, 0.25) is 10.0 Å². The van der Waals surface area contributed by atoms with Gasteiger partial charge in [-0.3, -0.25) is 9.10 Å². The lowest BCUT2D eigenvalue weighted by atomic mass is 10.2. The van der Waals surface area contributed by atoms with Gasteiger partial charge in [0, 0.05) is 34.2 Å². The summed E-state index contributed by atoms with van der Waals surface area (Å²) >= 11 is 14.0. The van der Waals surface area contributed by atoms with Crippen molar-refractivity contribution >= 4 is 56.6 Å². The van der Waals surface area contributed by atoms with Crippen molar-refractivity contribution in [1.82, 2.24) is 5.32 Å². The molecule has 39 heavy (non-hydrogen) atoms. The van der Waals surface area contributed by atoms with Gasteiger partial charge in [0.05, 0.1) is 31.4 Å². The highest BCUT2D eigenvalue weighted by Crippen LogP contribution is 2.33. The summed E-state index contributed by atoms with van der Waals surface area (Å²) in [5.74, 6) is 1.94. The predicted octanol–water partition coefficient (Wildman–Crippen LogP) is 5.65. The molecule has 1 N–H and O–H groups in total. The van der Waals surface area contributed by atoms with Crippen LogP contribution in [0.1, 0.15) is 12.5 Å². The summed E-state index contributed by atoms with van der Waals surface area (Å²) in [6.07, 6.45) is 0. The molecular formula is C27H30Cl2N2O6S2. The maximum atomic E-state index is 13.7. The number of hydrogen-bond acceptors (Lipinski definition) is 7. The van der Waals surface area contributed by atoms with E-state index in [-0.39, 0.29) is 10.6 Å². The van der Waals surface area contributed by atoms with Gasteiger partial charge in [-0.25, -0.2) is 8.42 Å². The number of carbonyl (C=O) groups excluding carboxylic acids is 1. The quantitative estimate of drug-likeness (QED) is 0.235. The Kier molecular flexibility index (Phi) is 11.5. The van der Waals surface area contributed by atoms with E-state index in [2.05, 4.69) is 5.32 Å². The van der Waals surface area contributed by atoms with Crippen molar-refractivity contribution in [3.05, 3.63) is 76.3 Å². The van der Waals surface area contributed by atoms with E-state index in [4.69, 9.17) is 37.4 Å². The lowest BCUT2D eigenvalue weighted by molar-refractivity contribution is -0.119. The topological polar surface area (TPSA) is 94.2 Å². The molecule has 0 fully saturated rings. The Balaban J connectivity index is 1.74. The zero-order chi connectivity index (χ0) is 28.4. The molecule has 0 aliphatic rings. The second-order valence-electron chi connectivity index (χ2n) is 8.06. The van der Waals surface area contributed by atoms with Crippen LogP contribution in [0.25, 0.3) is 0 Å². The first-order valence-corrected chi connectivity index (χ1v) is 15.3. The van der Waals surface area contributed by atoms with Crippen molar-refractivity contribution in [2.24, 2.45) is 0 Å². The van der Waals surface area contributed by atoms with Gasteiger partial charge in [-0.05, 0) is 61.0 Å². The van der Waals surface area contributed by atoms with Crippen LogP contribution in [0.4, 0.5) is 5.69 Å². The minimum atomic E-state index is -4.15. The fourth-order valence-corrected chi connectivity index (χ4v) is 6.62. The largest absolute Gasteiger partial charge is 0.494 e. The molecule has 0 radical (unpaired) electrons. The average Bonchev–Trinajstić information content (AvgIpc) is 2.93. The van der Waals surface area contributed by atoms with E-state index in [1.807, 2.05) is 6.92 Å². The van der Waals surface area contributed by atoms with E-state index in [0.29, 0.717) is 51.9 Å². The van der Waals surface area contributed by atoms with Crippen LogP contribution in [-0.2, 0) is 20.6 Å². The van der Waals surface area contributed by atoms with Crippen LogP contribution in [0.15, 0.2) is 65.6 Å². The van der Waals surface area contributed by atoms with E-state index in [9.17, 15) is 13.2 Å². The molecule has 0 heterocycles. The average molecular weight is 614 g/mol. The standard InChI is InChI=1S/C27H30Cl2N2O6S2/c1-4-37-20-10-8-19(9-11-20)31(39(33,34)21-12-13-25(35-2)26(16-21)36-3)17-27(32)30-14-15-38-18-22-23(28)6-5-7-24(22)29/h5-13,16H,4,14-15,17-18H2,1-3H3,(H,30,32). The molecule has 3 aromatic rings. The van der Waals surface area contributed by atoms with Gasteiger partial charge in [-0.15, -0.1) is 0 Å². The predicted molar refractivity (Wildman–Crippen MR) is 157 cm³/mol. The summed E-state index contributed by atoms with van der Waals surface area (Å²) in [5.41, 5.74) is 1.14. The highest BCUT2D eigenvalue weighted by Gasteiger charge is 2.28. The number of hydrogen-bond donors (Lipinski definition) is 1. The van der Waals surface area contributed by atoms with Crippen LogP contribution in [0.5, 0.6) is 17.2 Å². The summed E-state index contributed by atoms with van der Waals surface area (Å²) in [6, 6.07) is 16.1. The zero-order valence-electron chi connectivity index (χ0n) is 21.8. The van der Waals surface area contributed by atoms with Gasteiger partial charge in [0.15, 0.2) is 11.5 Å². The molecular weight excluding hydrogens is 583 g/mol. The van der Waals surface area contributed by atoms with Gasteiger partial charge in [0.1, 0.15) is 12.3 Å².